The Morgan fingerprint density at radius 3 is 1.25 bits per heavy atom. The van der Waals surface area contributed by atoms with Crippen LogP contribution in [-0.4, -0.2) is 0 Å². The molecule has 0 spiro atoms. The first-order valence-corrected chi connectivity index (χ1v) is 4.16. The maximum absolute atomic E-state index is 5.69. The van der Waals surface area contributed by atoms with Gasteiger partial charge in [0.2, 0.25) is 0 Å². The molecule has 0 radical (unpaired) electrons. The Bertz CT molecular complexity index is 276. The molecule has 0 aromatic heterocycles. The average molecular weight is 199 g/mol. The highest BCUT2D eigenvalue weighted by atomic mass is 35.5. The molecule has 0 heterocycles. The smallest absolute Gasteiger partial charge is 0.0406 e. The largest absolute Gasteiger partial charge is 0.0843 e. The summed E-state index contributed by atoms with van der Waals surface area (Å²) in [7, 11) is 0. The normalized spacial score (nSPS) is 9.50. The van der Waals surface area contributed by atoms with E-state index in [1.807, 2.05) is 24.3 Å². The van der Waals surface area contributed by atoms with Crippen molar-refractivity contribution in [3.8, 4) is 0 Å². The Kier molecular flexibility index (Phi) is 2.96. The highest BCUT2D eigenvalue weighted by Gasteiger charge is 1.96. The van der Waals surface area contributed by atoms with E-state index in [9.17, 15) is 0 Å². The summed E-state index contributed by atoms with van der Waals surface area (Å²) in [4.78, 5) is 0. The molecule has 62 valence electrons. The maximum atomic E-state index is 5.69. The molecule has 1 aromatic carbocycles. The molecule has 0 amide bonds. The van der Waals surface area contributed by atoms with Crippen LogP contribution in [0.4, 0.5) is 0 Å². The zero-order valence-electron chi connectivity index (χ0n) is 6.48. The van der Waals surface area contributed by atoms with Gasteiger partial charge in [0, 0.05) is 10.1 Å². The van der Waals surface area contributed by atoms with Crippen molar-refractivity contribution in [3.63, 3.8) is 0 Å². The van der Waals surface area contributed by atoms with E-state index in [1.165, 1.54) is 0 Å². The lowest BCUT2D eigenvalue weighted by Crippen LogP contribution is -1.78. The van der Waals surface area contributed by atoms with Gasteiger partial charge in [-0.25, -0.2) is 0 Å². The molecule has 12 heavy (non-hydrogen) atoms. The summed E-state index contributed by atoms with van der Waals surface area (Å²) in [5.74, 6) is 0. The van der Waals surface area contributed by atoms with Crippen LogP contribution < -0.4 is 0 Å². The second kappa shape index (κ2) is 3.79. The summed E-state index contributed by atoms with van der Waals surface area (Å²) in [6.07, 6.45) is 0. The average Bonchev–Trinajstić information content (AvgIpc) is 2.04. The summed E-state index contributed by atoms with van der Waals surface area (Å²) in [6, 6.07) is 7.44. The predicted molar refractivity (Wildman–Crippen MR) is 56.2 cm³/mol. The Labute approximate surface area is 82.1 Å². The van der Waals surface area contributed by atoms with Gasteiger partial charge in [-0.15, -0.1) is 0 Å². The lowest BCUT2D eigenvalue weighted by atomic mass is 10.1. The fourth-order valence-corrected chi connectivity index (χ4v) is 1.08. The van der Waals surface area contributed by atoms with Crippen LogP contribution in [0, 0.1) is 0 Å². The molecule has 0 aliphatic rings. The van der Waals surface area contributed by atoms with E-state index in [4.69, 9.17) is 23.2 Å². The highest BCUT2D eigenvalue weighted by molar-refractivity contribution is 6.49. The number of rotatable bonds is 2. The van der Waals surface area contributed by atoms with E-state index in [2.05, 4.69) is 13.2 Å². The maximum Gasteiger partial charge on any atom is 0.0406 e. The van der Waals surface area contributed by atoms with Crippen molar-refractivity contribution in [1.82, 2.24) is 0 Å². The van der Waals surface area contributed by atoms with Crippen molar-refractivity contribution < 1.29 is 0 Å². The first-order chi connectivity index (χ1) is 5.61. The van der Waals surface area contributed by atoms with Crippen molar-refractivity contribution in [2.24, 2.45) is 0 Å². The summed E-state index contributed by atoms with van der Waals surface area (Å²) < 4.78 is 0. The van der Waals surface area contributed by atoms with Gasteiger partial charge < -0.3 is 0 Å². The lowest BCUT2D eigenvalue weighted by molar-refractivity contribution is 1.61. The van der Waals surface area contributed by atoms with Crippen molar-refractivity contribution in [2.45, 2.75) is 0 Å². The second-order valence-electron chi connectivity index (χ2n) is 2.39. The van der Waals surface area contributed by atoms with Crippen molar-refractivity contribution in [3.05, 3.63) is 48.6 Å². The minimum absolute atomic E-state index is 0.529. The molecule has 0 aliphatic carbocycles. The molecule has 0 bridgehead atoms. The van der Waals surface area contributed by atoms with Crippen molar-refractivity contribution in [2.75, 3.05) is 0 Å². The molecule has 0 N–H and O–H groups in total. The van der Waals surface area contributed by atoms with Crippen LogP contribution in [0.15, 0.2) is 37.4 Å². The van der Waals surface area contributed by atoms with Crippen LogP contribution in [0.25, 0.3) is 10.1 Å². The summed E-state index contributed by atoms with van der Waals surface area (Å²) in [5.41, 5.74) is 1.80. The standard InChI is InChI=1S/C10H8Cl2/c1-7(11)9-3-5-10(6-4-9)8(2)12/h3-6H,1-2H2. The second-order valence-corrected chi connectivity index (χ2v) is 3.30. The predicted octanol–water partition coefficient (Wildman–Crippen LogP) is 4.11. The van der Waals surface area contributed by atoms with E-state index in [-0.39, 0.29) is 0 Å². The van der Waals surface area contributed by atoms with E-state index in [1.54, 1.807) is 0 Å². The van der Waals surface area contributed by atoms with Crippen LogP contribution in [0.2, 0.25) is 0 Å². The molecule has 0 unspecified atom stereocenters. The molecule has 0 atom stereocenters. The number of benzene rings is 1. The Hall–Kier alpha value is -0.720. The van der Waals surface area contributed by atoms with Gasteiger partial charge in [0.25, 0.3) is 0 Å². The minimum Gasteiger partial charge on any atom is -0.0843 e. The Morgan fingerprint density at radius 2 is 1.08 bits per heavy atom. The zero-order valence-corrected chi connectivity index (χ0v) is 7.99. The fourth-order valence-electron chi connectivity index (χ4n) is 0.832. The van der Waals surface area contributed by atoms with Crippen LogP contribution in [-0.2, 0) is 0 Å². The molecule has 2 heteroatoms. The van der Waals surface area contributed by atoms with Gasteiger partial charge in [-0.3, -0.25) is 0 Å². The van der Waals surface area contributed by atoms with Crippen LogP contribution in [0.3, 0.4) is 0 Å². The third-order valence-electron chi connectivity index (χ3n) is 1.51. The molecule has 0 fully saturated rings. The van der Waals surface area contributed by atoms with Crippen LogP contribution in [0.1, 0.15) is 11.1 Å². The Balaban J connectivity index is 3.01. The van der Waals surface area contributed by atoms with E-state index >= 15 is 0 Å². The molecule has 0 saturated carbocycles. The highest BCUT2D eigenvalue weighted by Crippen LogP contribution is 2.21. The molecule has 1 rings (SSSR count). The molecule has 0 nitrogen and oxygen atoms in total. The molecular weight excluding hydrogens is 191 g/mol. The quantitative estimate of drug-likeness (QED) is 0.672. The number of hydrogen-bond acceptors (Lipinski definition) is 0. The van der Waals surface area contributed by atoms with Gasteiger partial charge >= 0.3 is 0 Å². The third kappa shape index (κ3) is 2.13. The fraction of sp³-hybridized carbons (Fsp3) is 0. The first kappa shape index (κ1) is 9.37. The molecule has 0 aliphatic heterocycles. The van der Waals surface area contributed by atoms with Gasteiger partial charge in [0.05, 0.1) is 0 Å². The minimum atomic E-state index is 0.529. The van der Waals surface area contributed by atoms with Gasteiger partial charge in [0.1, 0.15) is 0 Å². The van der Waals surface area contributed by atoms with Gasteiger partial charge in [-0.1, -0.05) is 60.6 Å². The van der Waals surface area contributed by atoms with Crippen molar-refractivity contribution in [1.29, 1.82) is 0 Å². The number of hydrogen-bond donors (Lipinski definition) is 0. The molecule has 1 aromatic rings. The van der Waals surface area contributed by atoms with Gasteiger partial charge in [-0.2, -0.15) is 0 Å². The summed E-state index contributed by atoms with van der Waals surface area (Å²) in [6.45, 7) is 7.22. The van der Waals surface area contributed by atoms with Crippen molar-refractivity contribution >= 4 is 33.3 Å². The summed E-state index contributed by atoms with van der Waals surface area (Å²) >= 11 is 11.4. The van der Waals surface area contributed by atoms with Gasteiger partial charge in [0.15, 0.2) is 0 Å². The monoisotopic (exact) mass is 198 g/mol. The summed E-state index contributed by atoms with van der Waals surface area (Å²) in [5, 5.41) is 1.06. The lowest BCUT2D eigenvalue weighted by Gasteiger charge is -1.99. The zero-order chi connectivity index (χ0) is 9.14. The number of halogens is 2. The van der Waals surface area contributed by atoms with E-state index in [0.717, 1.165) is 11.1 Å². The van der Waals surface area contributed by atoms with Crippen LogP contribution >= 0.6 is 23.2 Å². The van der Waals surface area contributed by atoms with E-state index in [0.29, 0.717) is 10.1 Å². The third-order valence-corrected chi connectivity index (χ3v) is 1.95. The SMILES string of the molecule is C=C(Cl)c1ccc(C(=C)Cl)cc1. The first-order valence-electron chi connectivity index (χ1n) is 3.41. The molecular formula is C10H8Cl2. The molecule has 0 saturated heterocycles. The van der Waals surface area contributed by atoms with E-state index < -0.39 is 0 Å². The Morgan fingerprint density at radius 1 is 0.833 bits per heavy atom. The van der Waals surface area contributed by atoms with Crippen LogP contribution in [0.5, 0.6) is 0 Å². The topological polar surface area (TPSA) is 0 Å². The van der Waals surface area contributed by atoms with Gasteiger partial charge in [-0.05, 0) is 11.1 Å².